The van der Waals surface area contributed by atoms with Crippen LogP contribution in [0.5, 0.6) is 5.88 Å². The molecule has 0 fully saturated rings. The molecule has 2 N–H and O–H groups in total. The largest absolute Gasteiger partial charge is 0.481 e. The smallest absolute Gasteiger partial charge is 0.212 e. The molecule has 1 atom stereocenters. The van der Waals surface area contributed by atoms with E-state index in [2.05, 4.69) is 22.5 Å². The summed E-state index contributed by atoms with van der Waals surface area (Å²) in [5.74, 6) is 0.639. The molecule has 0 bridgehead atoms. The Kier molecular flexibility index (Phi) is 4.12. The lowest BCUT2D eigenvalue weighted by molar-refractivity contribution is 0.397. The quantitative estimate of drug-likeness (QED) is 0.883. The van der Waals surface area contributed by atoms with E-state index < -0.39 is 0 Å². The first kappa shape index (κ1) is 12.1. The van der Waals surface area contributed by atoms with E-state index in [0.29, 0.717) is 5.88 Å². The van der Waals surface area contributed by atoms with Gasteiger partial charge in [0.05, 0.1) is 7.11 Å². The normalized spacial score (nSPS) is 12.4. The highest BCUT2D eigenvalue weighted by Gasteiger charge is 2.06. The SMILES string of the molecule is COc1ccc(CC(N)Cc2cccs2)cn1. The molecule has 0 saturated heterocycles. The second-order valence-electron chi connectivity index (χ2n) is 3.96. The van der Waals surface area contributed by atoms with Gasteiger partial charge < -0.3 is 10.5 Å². The maximum absolute atomic E-state index is 6.12. The van der Waals surface area contributed by atoms with Crippen LogP contribution in [0.15, 0.2) is 35.8 Å². The molecule has 2 aromatic heterocycles. The Morgan fingerprint density at radius 3 is 2.82 bits per heavy atom. The minimum Gasteiger partial charge on any atom is -0.481 e. The van der Waals surface area contributed by atoms with Crippen LogP contribution in [-0.2, 0) is 12.8 Å². The summed E-state index contributed by atoms with van der Waals surface area (Å²) in [4.78, 5) is 5.50. The zero-order chi connectivity index (χ0) is 12.1. The standard InChI is InChI=1S/C13H16N2OS/c1-16-13-5-4-10(9-15-13)7-11(14)8-12-3-2-6-17-12/h2-6,9,11H,7-8,14H2,1H3. The number of thiophene rings is 1. The first-order valence-electron chi connectivity index (χ1n) is 5.55. The van der Waals surface area contributed by atoms with Gasteiger partial charge in [-0.05, 0) is 29.9 Å². The van der Waals surface area contributed by atoms with Gasteiger partial charge in [0, 0.05) is 23.2 Å². The van der Waals surface area contributed by atoms with Crippen LogP contribution in [0.25, 0.3) is 0 Å². The fourth-order valence-electron chi connectivity index (χ4n) is 1.71. The first-order valence-corrected chi connectivity index (χ1v) is 6.43. The van der Waals surface area contributed by atoms with Gasteiger partial charge >= 0.3 is 0 Å². The zero-order valence-electron chi connectivity index (χ0n) is 9.80. The van der Waals surface area contributed by atoms with Crippen molar-refractivity contribution >= 4 is 11.3 Å². The molecule has 0 saturated carbocycles. The lowest BCUT2D eigenvalue weighted by atomic mass is 10.1. The van der Waals surface area contributed by atoms with E-state index in [4.69, 9.17) is 10.5 Å². The van der Waals surface area contributed by atoms with E-state index in [1.54, 1.807) is 18.4 Å². The molecule has 17 heavy (non-hydrogen) atoms. The highest BCUT2D eigenvalue weighted by Crippen LogP contribution is 2.13. The minimum absolute atomic E-state index is 0.142. The van der Waals surface area contributed by atoms with Gasteiger partial charge in [-0.2, -0.15) is 0 Å². The Bertz CT molecular complexity index is 439. The number of rotatable bonds is 5. The minimum atomic E-state index is 0.142. The number of nitrogens with zero attached hydrogens (tertiary/aromatic N) is 1. The molecule has 0 aliphatic rings. The van der Waals surface area contributed by atoms with Gasteiger partial charge in [-0.25, -0.2) is 4.98 Å². The number of hydrogen-bond acceptors (Lipinski definition) is 4. The number of pyridine rings is 1. The van der Waals surface area contributed by atoms with Crippen LogP contribution in [0, 0.1) is 0 Å². The van der Waals surface area contributed by atoms with E-state index in [1.165, 1.54) is 4.88 Å². The molecule has 2 aromatic rings. The number of ether oxygens (including phenoxy) is 1. The maximum Gasteiger partial charge on any atom is 0.212 e. The molecule has 0 amide bonds. The van der Waals surface area contributed by atoms with Gasteiger partial charge in [-0.15, -0.1) is 11.3 Å². The molecular formula is C13H16N2OS. The van der Waals surface area contributed by atoms with Crippen molar-refractivity contribution in [1.29, 1.82) is 0 Å². The molecule has 3 nitrogen and oxygen atoms in total. The fourth-order valence-corrected chi connectivity index (χ4v) is 2.51. The highest BCUT2D eigenvalue weighted by atomic mass is 32.1. The maximum atomic E-state index is 6.12. The van der Waals surface area contributed by atoms with Crippen LogP contribution in [0.1, 0.15) is 10.4 Å². The van der Waals surface area contributed by atoms with Crippen LogP contribution >= 0.6 is 11.3 Å². The monoisotopic (exact) mass is 248 g/mol. The summed E-state index contributed by atoms with van der Waals surface area (Å²) in [6.45, 7) is 0. The molecule has 0 radical (unpaired) electrons. The Balaban J connectivity index is 1.91. The Labute approximate surface area is 105 Å². The van der Waals surface area contributed by atoms with Crippen LogP contribution in [-0.4, -0.2) is 18.1 Å². The van der Waals surface area contributed by atoms with Crippen molar-refractivity contribution in [2.45, 2.75) is 18.9 Å². The average Bonchev–Trinajstić information content (AvgIpc) is 2.82. The van der Waals surface area contributed by atoms with Crippen molar-refractivity contribution in [1.82, 2.24) is 4.98 Å². The second-order valence-corrected chi connectivity index (χ2v) is 4.99. The van der Waals surface area contributed by atoms with Gasteiger partial charge in [-0.1, -0.05) is 12.1 Å². The first-order chi connectivity index (χ1) is 8.28. The van der Waals surface area contributed by atoms with E-state index in [0.717, 1.165) is 18.4 Å². The zero-order valence-corrected chi connectivity index (χ0v) is 10.6. The molecule has 0 aliphatic carbocycles. The van der Waals surface area contributed by atoms with Crippen LogP contribution in [0.4, 0.5) is 0 Å². The molecule has 0 aliphatic heterocycles. The third kappa shape index (κ3) is 3.54. The summed E-state index contributed by atoms with van der Waals surface area (Å²) in [6, 6.07) is 8.20. The van der Waals surface area contributed by atoms with Crippen molar-refractivity contribution in [2.24, 2.45) is 5.73 Å². The summed E-state index contributed by atoms with van der Waals surface area (Å²) in [5.41, 5.74) is 7.26. The molecule has 2 heterocycles. The van der Waals surface area contributed by atoms with Crippen LogP contribution in [0.2, 0.25) is 0 Å². The molecule has 2 rings (SSSR count). The number of hydrogen-bond donors (Lipinski definition) is 1. The summed E-state index contributed by atoms with van der Waals surface area (Å²) < 4.78 is 5.02. The Hall–Kier alpha value is -1.39. The lowest BCUT2D eigenvalue weighted by Gasteiger charge is -2.10. The van der Waals surface area contributed by atoms with Gasteiger partial charge in [0.2, 0.25) is 5.88 Å². The van der Waals surface area contributed by atoms with Gasteiger partial charge in [0.25, 0.3) is 0 Å². The molecular weight excluding hydrogens is 232 g/mol. The third-order valence-corrected chi connectivity index (χ3v) is 3.45. The molecule has 90 valence electrons. The van der Waals surface area contributed by atoms with E-state index >= 15 is 0 Å². The Morgan fingerprint density at radius 1 is 1.35 bits per heavy atom. The van der Waals surface area contributed by atoms with Crippen molar-refractivity contribution in [3.8, 4) is 5.88 Å². The summed E-state index contributed by atoms with van der Waals surface area (Å²) in [7, 11) is 1.62. The average molecular weight is 248 g/mol. The number of methoxy groups -OCH3 is 1. The summed E-state index contributed by atoms with van der Waals surface area (Å²) >= 11 is 1.75. The van der Waals surface area contributed by atoms with Gasteiger partial charge in [0.15, 0.2) is 0 Å². The number of nitrogens with two attached hydrogens (primary N) is 1. The fraction of sp³-hybridized carbons (Fsp3) is 0.308. The van der Waals surface area contributed by atoms with Crippen molar-refractivity contribution in [3.63, 3.8) is 0 Å². The summed E-state index contributed by atoms with van der Waals surface area (Å²) in [5, 5.41) is 2.08. The Morgan fingerprint density at radius 2 is 2.24 bits per heavy atom. The summed E-state index contributed by atoms with van der Waals surface area (Å²) in [6.07, 6.45) is 3.59. The predicted octanol–water partition coefficient (Wildman–Crippen LogP) is 2.26. The van der Waals surface area contributed by atoms with Crippen molar-refractivity contribution in [2.75, 3.05) is 7.11 Å². The van der Waals surface area contributed by atoms with E-state index in [1.807, 2.05) is 18.3 Å². The van der Waals surface area contributed by atoms with Gasteiger partial charge in [0.1, 0.15) is 0 Å². The van der Waals surface area contributed by atoms with E-state index in [9.17, 15) is 0 Å². The number of aromatic nitrogens is 1. The van der Waals surface area contributed by atoms with Crippen LogP contribution < -0.4 is 10.5 Å². The lowest BCUT2D eigenvalue weighted by Crippen LogP contribution is -2.25. The molecule has 0 aromatic carbocycles. The highest BCUT2D eigenvalue weighted by molar-refractivity contribution is 7.09. The molecule has 1 unspecified atom stereocenters. The third-order valence-electron chi connectivity index (χ3n) is 2.55. The van der Waals surface area contributed by atoms with E-state index in [-0.39, 0.29) is 6.04 Å². The van der Waals surface area contributed by atoms with Gasteiger partial charge in [-0.3, -0.25) is 0 Å². The van der Waals surface area contributed by atoms with Crippen molar-refractivity contribution in [3.05, 3.63) is 46.3 Å². The second kappa shape index (κ2) is 5.80. The van der Waals surface area contributed by atoms with Crippen molar-refractivity contribution < 1.29 is 4.74 Å². The topological polar surface area (TPSA) is 48.1 Å². The van der Waals surface area contributed by atoms with Crippen LogP contribution in [0.3, 0.4) is 0 Å². The molecule has 0 spiro atoms. The predicted molar refractivity (Wildman–Crippen MR) is 70.5 cm³/mol. The molecule has 4 heteroatoms.